The lowest BCUT2D eigenvalue weighted by Crippen LogP contribution is -2.53. The molecule has 6 nitrogen and oxygen atoms in total. The largest absolute Gasteiger partial charge is 0.480 e. The Hall–Kier alpha value is -1.51. The minimum Gasteiger partial charge on any atom is -0.480 e. The number of carbonyl (C=O) groups excluding carboxylic acids is 1. The number of carboxylic acids is 1. The highest BCUT2D eigenvalue weighted by Crippen LogP contribution is 2.13. The van der Waals surface area contributed by atoms with Crippen molar-refractivity contribution in [1.82, 2.24) is 10.6 Å². The summed E-state index contributed by atoms with van der Waals surface area (Å²) in [6.45, 7) is 0.680. The van der Waals surface area contributed by atoms with Crippen LogP contribution in [0.15, 0.2) is 0 Å². The van der Waals surface area contributed by atoms with Crippen LogP contribution >= 0.6 is 0 Å². The predicted molar refractivity (Wildman–Crippen MR) is 55.1 cm³/mol. The van der Waals surface area contributed by atoms with Crippen molar-refractivity contribution in [3.8, 4) is 0 Å². The van der Waals surface area contributed by atoms with E-state index in [2.05, 4.69) is 15.4 Å². The number of halogens is 3. The fourth-order valence-electron chi connectivity index (χ4n) is 0.806. The van der Waals surface area contributed by atoms with E-state index in [1.807, 2.05) is 0 Å². The van der Waals surface area contributed by atoms with Crippen molar-refractivity contribution in [3.05, 3.63) is 0 Å². The lowest BCUT2D eigenvalue weighted by molar-refractivity contribution is -0.173. The molecule has 0 heterocycles. The number of rotatable bonds is 6. The second-order valence-corrected chi connectivity index (χ2v) is 3.98. The highest BCUT2D eigenvalue weighted by molar-refractivity contribution is 5.85. The van der Waals surface area contributed by atoms with Crippen LogP contribution in [0.5, 0.6) is 0 Å². The molecule has 0 bridgehead atoms. The molecule has 2 amide bonds. The van der Waals surface area contributed by atoms with Gasteiger partial charge < -0.3 is 20.5 Å². The SMILES string of the molecule is CC(C)(NC(=O)NCCOCC(F)(F)F)C(=O)O. The standard InChI is InChI=1S/C9H15F3N2O4/c1-8(2,6(15)16)14-7(17)13-3-4-18-5-9(10,11)12/h3-5H2,1-2H3,(H,15,16)(H2,13,14,17). The molecule has 0 spiro atoms. The molecule has 0 radical (unpaired) electrons. The second-order valence-electron chi connectivity index (χ2n) is 3.98. The topological polar surface area (TPSA) is 87.7 Å². The summed E-state index contributed by atoms with van der Waals surface area (Å²) in [6, 6.07) is -0.794. The Morgan fingerprint density at radius 1 is 1.28 bits per heavy atom. The molecule has 0 aliphatic carbocycles. The maximum absolute atomic E-state index is 11.7. The molecule has 0 saturated carbocycles. The summed E-state index contributed by atoms with van der Waals surface area (Å²) in [5.74, 6) is -1.23. The number of carboxylic acid groups (broad SMARTS) is 1. The van der Waals surface area contributed by atoms with Gasteiger partial charge in [-0.3, -0.25) is 0 Å². The van der Waals surface area contributed by atoms with Gasteiger partial charge in [-0.1, -0.05) is 0 Å². The molecule has 0 aliphatic heterocycles. The normalized spacial score (nSPS) is 12.1. The molecule has 0 unspecified atom stereocenters. The average molecular weight is 272 g/mol. The van der Waals surface area contributed by atoms with Crippen molar-refractivity contribution in [2.45, 2.75) is 25.6 Å². The Morgan fingerprint density at radius 2 is 1.83 bits per heavy atom. The molecule has 0 saturated heterocycles. The lowest BCUT2D eigenvalue weighted by Gasteiger charge is -2.21. The first-order chi connectivity index (χ1) is 8.04. The van der Waals surface area contributed by atoms with Crippen molar-refractivity contribution in [3.63, 3.8) is 0 Å². The predicted octanol–water partition coefficient (Wildman–Crippen LogP) is 0.728. The number of urea groups is 1. The summed E-state index contributed by atoms with van der Waals surface area (Å²) in [6.07, 6.45) is -4.41. The van der Waals surface area contributed by atoms with E-state index in [0.29, 0.717) is 0 Å². The smallest absolute Gasteiger partial charge is 0.411 e. The van der Waals surface area contributed by atoms with E-state index in [-0.39, 0.29) is 13.2 Å². The maximum atomic E-state index is 11.7. The van der Waals surface area contributed by atoms with Gasteiger partial charge in [-0.15, -0.1) is 0 Å². The van der Waals surface area contributed by atoms with Gasteiger partial charge in [-0.05, 0) is 13.8 Å². The van der Waals surface area contributed by atoms with Crippen LogP contribution in [0.25, 0.3) is 0 Å². The summed E-state index contributed by atoms with van der Waals surface area (Å²) in [5, 5.41) is 13.0. The summed E-state index contributed by atoms with van der Waals surface area (Å²) < 4.78 is 39.2. The Balaban J connectivity index is 3.76. The van der Waals surface area contributed by atoms with E-state index < -0.39 is 30.3 Å². The van der Waals surface area contributed by atoms with Crippen molar-refractivity contribution in [1.29, 1.82) is 0 Å². The molecule has 0 fully saturated rings. The second kappa shape index (κ2) is 6.43. The Labute approximate surface area is 101 Å². The first-order valence-corrected chi connectivity index (χ1v) is 4.98. The number of amides is 2. The zero-order chi connectivity index (χ0) is 14.4. The fraction of sp³-hybridized carbons (Fsp3) is 0.778. The van der Waals surface area contributed by atoms with Crippen LogP contribution in [0, 0.1) is 0 Å². The molecule has 0 aromatic rings. The molecular formula is C9H15F3N2O4. The van der Waals surface area contributed by atoms with Gasteiger partial charge in [-0.25, -0.2) is 9.59 Å². The number of aliphatic carboxylic acids is 1. The van der Waals surface area contributed by atoms with E-state index in [1.54, 1.807) is 0 Å². The van der Waals surface area contributed by atoms with Crippen LogP contribution in [0.3, 0.4) is 0 Å². The molecule has 106 valence electrons. The van der Waals surface area contributed by atoms with Crippen molar-refractivity contribution in [2.24, 2.45) is 0 Å². The van der Waals surface area contributed by atoms with Crippen molar-refractivity contribution in [2.75, 3.05) is 19.8 Å². The van der Waals surface area contributed by atoms with Gasteiger partial charge >= 0.3 is 18.2 Å². The van der Waals surface area contributed by atoms with Gasteiger partial charge in [0.25, 0.3) is 0 Å². The summed E-state index contributed by atoms with van der Waals surface area (Å²) in [5.41, 5.74) is -1.46. The molecule has 0 aromatic heterocycles. The number of hydrogen-bond donors (Lipinski definition) is 3. The van der Waals surface area contributed by atoms with Crippen LogP contribution < -0.4 is 10.6 Å². The maximum Gasteiger partial charge on any atom is 0.411 e. The first-order valence-electron chi connectivity index (χ1n) is 4.98. The molecule has 0 aliphatic rings. The van der Waals surface area contributed by atoms with E-state index in [1.165, 1.54) is 13.8 Å². The zero-order valence-corrected chi connectivity index (χ0v) is 9.93. The van der Waals surface area contributed by atoms with Crippen LogP contribution in [0.2, 0.25) is 0 Å². The summed E-state index contributed by atoms with van der Waals surface area (Å²) >= 11 is 0. The summed E-state index contributed by atoms with van der Waals surface area (Å²) in [7, 11) is 0. The Bertz CT molecular complexity index is 305. The summed E-state index contributed by atoms with van der Waals surface area (Å²) in [4.78, 5) is 21.8. The van der Waals surface area contributed by atoms with E-state index in [9.17, 15) is 22.8 Å². The molecule has 0 rings (SSSR count). The van der Waals surface area contributed by atoms with Crippen molar-refractivity contribution >= 4 is 12.0 Å². The minimum absolute atomic E-state index is 0.155. The van der Waals surface area contributed by atoms with Crippen LogP contribution in [0.1, 0.15) is 13.8 Å². The van der Waals surface area contributed by atoms with Gasteiger partial charge in [0.2, 0.25) is 0 Å². The van der Waals surface area contributed by atoms with Gasteiger partial charge in [0, 0.05) is 6.54 Å². The third-order valence-corrected chi connectivity index (χ3v) is 1.76. The van der Waals surface area contributed by atoms with Crippen LogP contribution in [-0.2, 0) is 9.53 Å². The Morgan fingerprint density at radius 3 is 2.28 bits per heavy atom. The third-order valence-electron chi connectivity index (χ3n) is 1.76. The first kappa shape index (κ1) is 16.5. The monoisotopic (exact) mass is 272 g/mol. The van der Waals surface area contributed by atoms with Gasteiger partial charge in [0.05, 0.1) is 6.61 Å². The molecular weight excluding hydrogens is 257 g/mol. The zero-order valence-electron chi connectivity index (χ0n) is 9.93. The van der Waals surface area contributed by atoms with Gasteiger partial charge in [-0.2, -0.15) is 13.2 Å². The van der Waals surface area contributed by atoms with Crippen LogP contribution in [0.4, 0.5) is 18.0 Å². The van der Waals surface area contributed by atoms with E-state index in [4.69, 9.17) is 5.11 Å². The van der Waals surface area contributed by atoms with Crippen LogP contribution in [-0.4, -0.2) is 48.6 Å². The van der Waals surface area contributed by atoms with E-state index in [0.717, 1.165) is 0 Å². The average Bonchev–Trinajstić information content (AvgIpc) is 2.14. The van der Waals surface area contributed by atoms with E-state index >= 15 is 0 Å². The fourth-order valence-corrected chi connectivity index (χ4v) is 0.806. The number of nitrogens with one attached hydrogen (secondary N) is 2. The molecule has 18 heavy (non-hydrogen) atoms. The minimum atomic E-state index is -4.41. The Kier molecular flexibility index (Phi) is 5.89. The number of ether oxygens (including phenoxy) is 1. The number of alkyl halides is 3. The number of hydrogen-bond acceptors (Lipinski definition) is 3. The molecule has 3 N–H and O–H groups in total. The number of carbonyl (C=O) groups is 2. The highest BCUT2D eigenvalue weighted by Gasteiger charge is 2.29. The van der Waals surface area contributed by atoms with Crippen molar-refractivity contribution < 1.29 is 32.6 Å². The quantitative estimate of drug-likeness (QED) is 0.622. The van der Waals surface area contributed by atoms with Gasteiger partial charge in [0.15, 0.2) is 0 Å². The molecule has 9 heteroatoms. The lowest BCUT2D eigenvalue weighted by atomic mass is 10.1. The molecule has 0 atom stereocenters. The van der Waals surface area contributed by atoms with Gasteiger partial charge in [0.1, 0.15) is 12.1 Å². The molecule has 0 aromatic carbocycles. The highest BCUT2D eigenvalue weighted by atomic mass is 19.4. The third kappa shape index (κ3) is 7.71.